The third kappa shape index (κ3) is 4.19. The van der Waals surface area contributed by atoms with Crippen LogP contribution < -0.4 is 5.32 Å². The van der Waals surface area contributed by atoms with Gasteiger partial charge in [0, 0.05) is 31.1 Å². The van der Waals surface area contributed by atoms with Crippen molar-refractivity contribution in [2.75, 3.05) is 12.3 Å². The molecule has 0 aliphatic rings. The Morgan fingerprint density at radius 3 is 2.77 bits per heavy atom. The summed E-state index contributed by atoms with van der Waals surface area (Å²) >= 11 is 9.18. The zero-order valence-corrected chi connectivity index (χ0v) is 8.81. The average molecular weight is 213 g/mol. The predicted molar refractivity (Wildman–Crippen MR) is 60.2 cm³/mol. The zero-order valence-electron chi connectivity index (χ0n) is 7.10. The molecule has 0 saturated heterocycles. The van der Waals surface area contributed by atoms with Crippen LogP contribution in [0, 0.1) is 0 Å². The lowest BCUT2D eigenvalue weighted by molar-refractivity contribution is 0.969. The van der Waals surface area contributed by atoms with Crippen LogP contribution in [0.25, 0.3) is 0 Å². The van der Waals surface area contributed by atoms with Gasteiger partial charge in [-0.2, -0.15) is 12.6 Å². The second kappa shape index (κ2) is 5.88. The molecule has 0 atom stereocenters. The predicted octanol–water partition coefficient (Wildman–Crippen LogP) is 0.866. The molecule has 70 valence electrons. The average Bonchev–Trinajstić information content (AvgIpc) is 2.16. The van der Waals surface area contributed by atoms with E-state index in [2.05, 4.69) is 27.9 Å². The molecular formula is C8H11N3S2. The van der Waals surface area contributed by atoms with Crippen molar-refractivity contribution in [2.24, 2.45) is 0 Å². The maximum absolute atomic E-state index is 5.10. The van der Waals surface area contributed by atoms with Crippen LogP contribution >= 0.6 is 24.8 Å². The molecule has 0 aliphatic carbocycles. The summed E-state index contributed by atoms with van der Waals surface area (Å²) in [5, 5.41) is 3.08. The molecule has 0 radical (unpaired) electrons. The molecule has 0 aliphatic heterocycles. The van der Waals surface area contributed by atoms with Gasteiger partial charge in [-0.15, -0.1) is 0 Å². The van der Waals surface area contributed by atoms with Gasteiger partial charge in [-0.3, -0.25) is 0 Å². The number of hydrogen-bond acceptors (Lipinski definition) is 4. The van der Waals surface area contributed by atoms with Gasteiger partial charge in [0.2, 0.25) is 0 Å². The van der Waals surface area contributed by atoms with Crippen molar-refractivity contribution < 1.29 is 0 Å². The van der Waals surface area contributed by atoms with Crippen LogP contribution in [0.5, 0.6) is 0 Å². The lowest BCUT2D eigenvalue weighted by atomic mass is 10.2. The summed E-state index contributed by atoms with van der Waals surface area (Å²) in [6.07, 6.45) is 5.74. The number of rotatable bonds is 4. The topological polar surface area (TPSA) is 37.8 Å². The van der Waals surface area contributed by atoms with Crippen LogP contribution in [0.3, 0.4) is 0 Å². The Bertz CT molecular complexity index is 263. The molecule has 3 nitrogen and oxygen atoms in total. The minimum Gasteiger partial charge on any atom is -0.379 e. The summed E-state index contributed by atoms with van der Waals surface area (Å²) in [6.45, 7) is 0.801. The number of nitrogens with one attached hydrogen (secondary N) is 1. The lowest BCUT2D eigenvalue weighted by Gasteiger charge is -2.04. The fraction of sp³-hybridized carbons (Fsp3) is 0.375. The Morgan fingerprint density at radius 2 is 2.15 bits per heavy atom. The fourth-order valence-corrected chi connectivity index (χ4v) is 1.25. The van der Waals surface area contributed by atoms with Crippen LogP contribution in [0.1, 0.15) is 5.56 Å². The van der Waals surface area contributed by atoms with Crippen molar-refractivity contribution in [1.29, 1.82) is 0 Å². The Labute approximate surface area is 88.4 Å². The second-order valence-electron chi connectivity index (χ2n) is 2.50. The van der Waals surface area contributed by atoms with E-state index in [1.165, 1.54) is 6.33 Å². The highest BCUT2D eigenvalue weighted by Gasteiger charge is 1.97. The Morgan fingerprint density at radius 1 is 1.46 bits per heavy atom. The molecule has 0 saturated carbocycles. The Balaban J connectivity index is 2.37. The summed E-state index contributed by atoms with van der Waals surface area (Å²) in [5.74, 6) is 0.783. The van der Waals surface area contributed by atoms with Crippen LogP contribution in [-0.2, 0) is 6.42 Å². The Kier molecular flexibility index (Phi) is 4.70. The molecule has 0 unspecified atom stereocenters. The summed E-state index contributed by atoms with van der Waals surface area (Å²) in [7, 11) is 0. The molecule has 1 aromatic heterocycles. The number of hydrogen-bond donors (Lipinski definition) is 2. The van der Waals surface area contributed by atoms with E-state index in [4.69, 9.17) is 12.2 Å². The van der Waals surface area contributed by atoms with Crippen molar-refractivity contribution >= 4 is 29.8 Å². The maximum atomic E-state index is 5.10. The number of thiol groups is 1. The van der Waals surface area contributed by atoms with E-state index >= 15 is 0 Å². The van der Waals surface area contributed by atoms with E-state index in [0.29, 0.717) is 6.42 Å². The first-order chi connectivity index (χ1) is 6.33. The third-order valence-electron chi connectivity index (χ3n) is 1.41. The van der Waals surface area contributed by atoms with Gasteiger partial charge >= 0.3 is 0 Å². The van der Waals surface area contributed by atoms with Crippen molar-refractivity contribution in [1.82, 2.24) is 15.3 Å². The summed E-state index contributed by atoms with van der Waals surface area (Å²) < 4.78 is 0. The van der Waals surface area contributed by atoms with Crippen molar-refractivity contribution in [2.45, 2.75) is 6.42 Å². The van der Waals surface area contributed by atoms with Gasteiger partial charge in [0.15, 0.2) is 0 Å². The smallest absolute Gasteiger partial charge is 0.115 e. The maximum Gasteiger partial charge on any atom is 0.115 e. The summed E-state index contributed by atoms with van der Waals surface area (Å²) in [6, 6.07) is 0. The van der Waals surface area contributed by atoms with Gasteiger partial charge in [-0.25, -0.2) is 9.97 Å². The Hall–Kier alpha value is -0.680. The molecule has 0 bridgehead atoms. The summed E-state index contributed by atoms with van der Waals surface area (Å²) in [5.41, 5.74) is 1.03. The van der Waals surface area contributed by atoms with E-state index in [1.54, 1.807) is 12.4 Å². The molecule has 13 heavy (non-hydrogen) atoms. The first-order valence-corrected chi connectivity index (χ1v) is 4.98. The standard InChI is InChI=1S/C8H11N3S2/c12-2-1-11-8(13)3-7-4-9-6-10-5-7/h4-6,12H,1-3H2,(H,11,13). The van der Waals surface area contributed by atoms with Crippen molar-refractivity contribution in [3.63, 3.8) is 0 Å². The van der Waals surface area contributed by atoms with Gasteiger partial charge < -0.3 is 5.32 Å². The molecule has 1 N–H and O–H groups in total. The molecule has 1 heterocycles. The first kappa shape index (κ1) is 10.4. The van der Waals surface area contributed by atoms with Crippen LogP contribution in [0.4, 0.5) is 0 Å². The van der Waals surface area contributed by atoms with Gasteiger partial charge in [0.05, 0.1) is 4.99 Å². The minimum absolute atomic E-state index is 0.698. The van der Waals surface area contributed by atoms with Crippen LogP contribution in [0.15, 0.2) is 18.7 Å². The minimum atomic E-state index is 0.698. The number of aromatic nitrogens is 2. The molecule has 0 fully saturated rings. The van der Waals surface area contributed by atoms with Gasteiger partial charge in [0.25, 0.3) is 0 Å². The SMILES string of the molecule is S=C(Cc1cncnc1)NCCS. The molecule has 0 aromatic carbocycles. The quantitative estimate of drug-likeness (QED) is 0.575. The van der Waals surface area contributed by atoms with Gasteiger partial charge in [-0.05, 0) is 5.56 Å². The normalized spacial score (nSPS) is 9.62. The molecule has 1 aromatic rings. The fourth-order valence-electron chi connectivity index (χ4n) is 0.864. The highest BCUT2D eigenvalue weighted by Crippen LogP contribution is 1.95. The van der Waals surface area contributed by atoms with Gasteiger partial charge in [-0.1, -0.05) is 12.2 Å². The largest absolute Gasteiger partial charge is 0.379 e. The highest BCUT2D eigenvalue weighted by atomic mass is 32.1. The van der Waals surface area contributed by atoms with Crippen LogP contribution in [0.2, 0.25) is 0 Å². The van der Waals surface area contributed by atoms with Crippen molar-refractivity contribution in [3.05, 3.63) is 24.3 Å². The molecular weight excluding hydrogens is 202 g/mol. The monoisotopic (exact) mass is 213 g/mol. The van der Waals surface area contributed by atoms with E-state index in [0.717, 1.165) is 22.8 Å². The number of nitrogens with zero attached hydrogens (tertiary/aromatic N) is 2. The van der Waals surface area contributed by atoms with E-state index in [9.17, 15) is 0 Å². The molecule has 0 amide bonds. The van der Waals surface area contributed by atoms with E-state index < -0.39 is 0 Å². The molecule has 5 heteroatoms. The number of thiocarbonyl (C=S) groups is 1. The second-order valence-corrected chi connectivity index (χ2v) is 3.44. The lowest BCUT2D eigenvalue weighted by Crippen LogP contribution is -2.25. The zero-order chi connectivity index (χ0) is 9.52. The summed E-state index contributed by atoms with van der Waals surface area (Å²) in [4.78, 5) is 8.62. The highest BCUT2D eigenvalue weighted by molar-refractivity contribution is 7.80. The molecule has 1 rings (SSSR count). The van der Waals surface area contributed by atoms with E-state index in [-0.39, 0.29) is 0 Å². The van der Waals surface area contributed by atoms with E-state index in [1.807, 2.05) is 0 Å². The third-order valence-corrected chi connectivity index (χ3v) is 1.92. The van der Waals surface area contributed by atoms with Gasteiger partial charge in [0.1, 0.15) is 6.33 Å². The first-order valence-electron chi connectivity index (χ1n) is 3.94. The van der Waals surface area contributed by atoms with Crippen molar-refractivity contribution in [3.8, 4) is 0 Å². The molecule has 0 spiro atoms. The van der Waals surface area contributed by atoms with Crippen LogP contribution in [-0.4, -0.2) is 27.3 Å².